The average Bonchev–Trinajstić information content (AvgIpc) is 2.57. The smallest absolute Gasteiger partial charge is 0.252 e. The maximum Gasteiger partial charge on any atom is 0.252 e. The molecule has 0 saturated carbocycles. The summed E-state index contributed by atoms with van der Waals surface area (Å²) in [6.07, 6.45) is 3.24. The molecule has 1 amide bonds. The van der Waals surface area contributed by atoms with E-state index in [2.05, 4.69) is 10.6 Å². The van der Waals surface area contributed by atoms with Crippen molar-refractivity contribution in [1.29, 1.82) is 0 Å². The quantitative estimate of drug-likeness (QED) is 0.785. The first-order chi connectivity index (χ1) is 8.68. The molecule has 0 aliphatic carbocycles. The summed E-state index contributed by atoms with van der Waals surface area (Å²) >= 11 is 6.02. The van der Waals surface area contributed by atoms with Crippen LogP contribution in [0.25, 0.3) is 0 Å². The van der Waals surface area contributed by atoms with Gasteiger partial charge in [-0.05, 0) is 44.5 Å². The van der Waals surface area contributed by atoms with E-state index in [1.165, 1.54) is 0 Å². The first kappa shape index (κ1) is 13.2. The summed E-state index contributed by atoms with van der Waals surface area (Å²) in [4.78, 5) is 11.4. The topological polar surface area (TPSA) is 67.2 Å². The number of nitrogens with one attached hydrogen (secondary N) is 2. The van der Waals surface area contributed by atoms with E-state index in [4.69, 9.17) is 17.3 Å². The second kappa shape index (κ2) is 6.07. The van der Waals surface area contributed by atoms with Gasteiger partial charge in [-0.15, -0.1) is 0 Å². The van der Waals surface area contributed by atoms with Gasteiger partial charge in [0.05, 0.1) is 10.6 Å². The number of anilines is 1. The third-order valence-corrected chi connectivity index (χ3v) is 3.51. The zero-order valence-corrected chi connectivity index (χ0v) is 11.0. The maximum absolute atomic E-state index is 11.4. The lowest BCUT2D eigenvalue weighted by Crippen LogP contribution is -2.24. The third-order valence-electron chi connectivity index (χ3n) is 3.20. The molecule has 2 rings (SSSR count). The monoisotopic (exact) mass is 267 g/mol. The molecule has 1 aliphatic heterocycles. The number of amides is 1. The Labute approximate surface area is 112 Å². The van der Waals surface area contributed by atoms with Crippen LogP contribution in [0.15, 0.2) is 18.2 Å². The van der Waals surface area contributed by atoms with E-state index in [1.807, 2.05) is 12.1 Å². The van der Waals surface area contributed by atoms with Crippen LogP contribution in [-0.2, 0) is 0 Å². The number of primary amides is 1. The van der Waals surface area contributed by atoms with Gasteiger partial charge in [-0.3, -0.25) is 4.79 Å². The van der Waals surface area contributed by atoms with E-state index in [0.29, 0.717) is 16.6 Å². The summed E-state index contributed by atoms with van der Waals surface area (Å²) in [6.45, 7) is 2.04. The molecule has 4 nitrogen and oxygen atoms in total. The highest BCUT2D eigenvalue weighted by Gasteiger charge is 2.17. The van der Waals surface area contributed by atoms with Crippen LogP contribution in [0.3, 0.4) is 0 Å². The van der Waals surface area contributed by atoms with Gasteiger partial charge in [0.25, 0.3) is 5.91 Å². The zero-order valence-electron chi connectivity index (χ0n) is 10.2. The van der Waals surface area contributed by atoms with Gasteiger partial charge in [-0.25, -0.2) is 0 Å². The van der Waals surface area contributed by atoms with Crippen molar-refractivity contribution in [2.45, 2.75) is 25.3 Å². The number of hydrogen-bond donors (Lipinski definition) is 3. The molecule has 1 fully saturated rings. The lowest BCUT2D eigenvalue weighted by molar-refractivity contribution is 0.100. The van der Waals surface area contributed by atoms with Crippen molar-refractivity contribution >= 4 is 23.2 Å². The Bertz CT molecular complexity index is 428. The van der Waals surface area contributed by atoms with Crippen molar-refractivity contribution < 1.29 is 4.79 Å². The van der Waals surface area contributed by atoms with E-state index >= 15 is 0 Å². The fourth-order valence-corrected chi connectivity index (χ4v) is 2.55. The summed E-state index contributed by atoms with van der Waals surface area (Å²) < 4.78 is 0. The van der Waals surface area contributed by atoms with E-state index in [0.717, 1.165) is 38.0 Å². The summed E-state index contributed by atoms with van der Waals surface area (Å²) in [6, 6.07) is 5.72. The van der Waals surface area contributed by atoms with Crippen LogP contribution < -0.4 is 16.4 Å². The van der Waals surface area contributed by atoms with Gasteiger partial charge in [0, 0.05) is 11.7 Å². The molecular formula is C13H18ClN3O. The average molecular weight is 268 g/mol. The molecule has 1 saturated heterocycles. The Hall–Kier alpha value is -1.26. The molecule has 4 N–H and O–H groups in total. The molecule has 5 heteroatoms. The molecule has 1 unspecified atom stereocenters. The number of halogens is 1. The van der Waals surface area contributed by atoms with Gasteiger partial charge < -0.3 is 16.4 Å². The van der Waals surface area contributed by atoms with Crippen LogP contribution in [0.4, 0.5) is 5.69 Å². The molecule has 1 aliphatic rings. The van der Waals surface area contributed by atoms with Crippen molar-refractivity contribution in [3.8, 4) is 0 Å². The van der Waals surface area contributed by atoms with Crippen LogP contribution in [0.2, 0.25) is 5.02 Å². The van der Waals surface area contributed by atoms with Gasteiger partial charge in [-0.1, -0.05) is 17.7 Å². The molecule has 0 radical (unpaired) electrons. The van der Waals surface area contributed by atoms with E-state index in [1.54, 1.807) is 6.07 Å². The molecular weight excluding hydrogens is 250 g/mol. The molecule has 0 spiro atoms. The van der Waals surface area contributed by atoms with Crippen LogP contribution in [0.5, 0.6) is 0 Å². The third kappa shape index (κ3) is 3.15. The van der Waals surface area contributed by atoms with Crippen molar-refractivity contribution in [1.82, 2.24) is 5.32 Å². The highest BCUT2D eigenvalue weighted by molar-refractivity contribution is 6.34. The largest absolute Gasteiger partial charge is 0.382 e. The predicted octanol–water partition coefficient (Wildman–Crippen LogP) is 1.99. The predicted molar refractivity (Wildman–Crippen MR) is 74.1 cm³/mol. The zero-order chi connectivity index (χ0) is 13.0. The van der Waals surface area contributed by atoms with Gasteiger partial charge >= 0.3 is 0 Å². The number of nitrogens with two attached hydrogens (primary N) is 1. The number of hydrogen-bond acceptors (Lipinski definition) is 3. The minimum Gasteiger partial charge on any atom is -0.382 e. The molecule has 18 heavy (non-hydrogen) atoms. The number of rotatable bonds is 3. The Balaban J connectivity index is 2.17. The Kier molecular flexibility index (Phi) is 4.44. The molecule has 0 bridgehead atoms. The van der Waals surface area contributed by atoms with Crippen LogP contribution >= 0.6 is 11.6 Å². The maximum atomic E-state index is 11.4. The van der Waals surface area contributed by atoms with E-state index in [-0.39, 0.29) is 0 Å². The van der Waals surface area contributed by atoms with Crippen molar-refractivity contribution in [2.75, 3.05) is 18.4 Å². The summed E-state index contributed by atoms with van der Waals surface area (Å²) in [5.74, 6) is -0.491. The normalized spacial score (nSPS) is 20.2. The van der Waals surface area contributed by atoms with Crippen molar-refractivity contribution in [3.63, 3.8) is 0 Å². The van der Waals surface area contributed by atoms with E-state index < -0.39 is 5.91 Å². The fraction of sp³-hybridized carbons (Fsp3) is 0.462. The van der Waals surface area contributed by atoms with Crippen LogP contribution in [-0.4, -0.2) is 25.0 Å². The fourth-order valence-electron chi connectivity index (χ4n) is 2.28. The molecule has 1 aromatic carbocycles. The SMILES string of the molecule is NC(=O)c1c(Cl)cccc1NC1CCCNCC1. The minimum absolute atomic E-state index is 0.358. The van der Waals surface area contributed by atoms with Gasteiger partial charge in [0.15, 0.2) is 0 Å². The highest BCUT2D eigenvalue weighted by atomic mass is 35.5. The molecule has 98 valence electrons. The lowest BCUT2D eigenvalue weighted by Gasteiger charge is -2.19. The Morgan fingerprint density at radius 3 is 3.00 bits per heavy atom. The first-order valence-corrected chi connectivity index (χ1v) is 6.62. The highest BCUT2D eigenvalue weighted by Crippen LogP contribution is 2.25. The van der Waals surface area contributed by atoms with Crippen molar-refractivity contribution in [2.24, 2.45) is 5.73 Å². The van der Waals surface area contributed by atoms with Crippen molar-refractivity contribution in [3.05, 3.63) is 28.8 Å². The number of carbonyl (C=O) groups excluding carboxylic acids is 1. The van der Waals surface area contributed by atoms with Gasteiger partial charge in [0.2, 0.25) is 0 Å². The summed E-state index contributed by atoms with van der Waals surface area (Å²) in [5, 5.41) is 7.14. The standard InChI is InChI=1S/C13H18ClN3O/c14-10-4-1-5-11(12(10)13(15)18)17-9-3-2-7-16-8-6-9/h1,4-5,9,16-17H,2-3,6-8H2,(H2,15,18). The molecule has 1 atom stereocenters. The Morgan fingerprint density at radius 1 is 1.39 bits per heavy atom. The van der Waals surface area contributed by atoms with Crippen LogP contribution in [0.1, 0.15) is 29.6 Å². The van der Waals surface area contributed by atoms with Crippen LogP contribution in [0, 0.1) is 0 Å². The molecule has 1 aromatic rings. The van der Waals surface area contributed by atoms with Gasteiger partial charge in [0.1, 0.15) is 0 Å². The van der Waals surface area contributed by atoms with E-state index in [9.17, 15) is 4.79 Å². The first-order valence-electron chi connectivity index (χ1n) is 6.24. The van der Waals surface area contributed by atoms with Gasteiger partial charge in [-0.2, -0.15) is 0 Å². The summed E-state index contributed by atoms with van der Waals surface area (Å²) in [7, 11) is 0. The lowest BCUT2D eigenvalue weighted by atomic mass is 10.1. The number of benzene rings is 1. The summed E-state index contributed by atoms with van der Waals surface area (Å²) in [5.41, 5.74) is 6.50. The second-order valence-corrected chi connectivity index (χ2v) is 4.96. The minimum atomic E-state index is -0.491. The second-order valence-electron chi connectivity index (χ2n) is 4.55. The number of carbonyl (C=O) groups is 1. The molecule has 0 aromatic heterocycles. The molecule has 1 heterocycles. The Morgan fingerprint density at radius 2 is 2.22 bits per heavy atom.